The molecule has 0 saturated carbocycles. The Kier molecular flexibility index (Phi) is 4.65. The number of alkyl halides is 3. The fraction of sp³-hybridized carbons (Fsp3) is 0.333. The number of rotatable bonds is 3. The van der Waals surface area contributed by atoms with E-state index in [1.807, 2.05) is 0 Å². The van der Waals surface area contributed by atoms with Gasteiger partial charge in [0, 0.05) is 36.4 Å². The lowest BCUT2D eigenvalue weighted by atomic mass is 10.1. The van der Waals surface area contributed by atoms with Gasteiger partial charge in [-0.15, -0.1) is 11.3 Å². The van der Waals surface area contributed by atoms with Crippen LogP contribution >= 0.6 is 11.3 Å². The minimum Gasteiger partial charge on any atom is -0.381 e. The molecule has 9 heteroatoms. The Morgan fingerprint density at radius 1 is 1.22 bits per heavy atom. The van der Waals surface area contributed by atoms with E-state index in [0.29, 0.717) is 35.1 Å². The van der Waals surface area contributed by atoms with Crippen molar-refractivity contribution in [1.29, 1.82) is 0 Å². The molecule has 3 aromatic rings. The molecule has 2 aromatic heterocycles. The van der Waals surface area contributed by atoms with Crippen molar-refractivity contribution in [2.24, 2.45) is 0 Å². The van der Waals surface area contributed by atoms with Crippen LogP contribution in [0.1, 0.15) is 28.9 Å². The number of carbonyl (C=O) groups excluding carboxylic acids is 1. The monoisotopic (exact) mass is 395 g/mol. The summed E-state index contributed by atoms with van der Waals surface area (Å²) in [6, 6.07) is 4.91. The summed E-state index contributed by atoms with van der Waals surface area (Å²) in [6.45, 7) is 1.26. The first-order valence-electron chi connectivity index (χ1n) is 8.44. The number of thiazole rings is 1. The van der Waals surface area contributed by atoms with Crippen LogP contribution in [0.15, 0.2) is 35.8 Å². The molecule has 5 nitrogen and oxygen atoms in total. The molecule has 0 unspecified atom stereocenters. The van der Waals surface area contributed by atoms with Crippen LogP contribution in [0, 0.1) is 0 Å². The van der Waals surface area contributed by atoms with Gasteiger partial charge in [-0.1, -0.05) is 12.1 Å². The minimum absolute atomic E-state index is 0.0825. The smallest absolute Gasteiger partial charge is 0.381 e. The number of hydrogen-bond donors (Lipinski definition) is 1. The average molecular weight is 395 g/mol. The first-order valence-corrected chi connectivity index (χ1v) is 9.32. The van der Waals surface area contributed by atoms with Crippen LogP contribution in [0.4, 0.5) is 13.2 Å². The van der Waals surface area contributed by atoms with Gasteiger partial charge >= 0.3 is 6.18 Å². The van der Waals surface area contributed by atoms with E-state index in [1.54, 1.807) is 16.0 Å². The topological polar surface area (TPSA) is 55.6 Å². The van der Waals surface area contributed by atoms with Gasteiger partial charge in [-0.3, -0.25) is 9.20 Å². The van der Waals surface area contributed by atoms with Crippen molar-refractivity contribution in [3.8, 4) is 11.3 Å². The molecule has 3 heterocycles. The maximum absolute atomic E-state index is 12.7. The molecule has 1 aliphatic heterocycles. The van der Waals surface area contributed by atoms with E-state index < -0.39 is 11.7 Å². The summed E-state index contributed by atoms with van der Waals surface area (Å²) in [5, 5.41) is 4.73. The number of aromatic nitrogens is 2. The summed E-state index contributed by atoms with van der Waals surface area (Å²) in [7, 11) is 0. The maximum Gasteiger partial charge on any atom is 0.416 e. The van der Waals surface area contributed by atoms with Gasteiger partial charge in [0.25, 0.3) is 5.91 Å². The molecular formula is C18H16F3N3O2S. The van der Waals surface area contributed by atoms with Gasteiger partial charge in [-0.05, 0) is 25.0 Å². The van der Waals surface area contributed by atoms with Crippen molar-refractivity contribution in [2.45, 2.75) is 25.1 Å². The fourth-order valence-electron chi connectivity index (χ4n) is 3.02. The van der Waals surface area contributed by atoms with Crippen LogP contribution in [-0.4, -0.2) is 34.5 Å². The standard InChI is InChI=1S/C18H16F3N3O2S/c19-18(20,21)12-3-1-11(2-4-12)14-9-24-15(10-27-17(24)23-14)16(25)22-13-5-7-26-8-6-13/h1-4,9-10,13H,5-8H2,(H,22,25). The van der Waals surface area contributed by atoms with Gasteiger partial charge in [-0.25, -0.2) is 4.98 Å². The highest BCUT2D eigenvalue weighted by Gasteiger charge is 2.30. The summed E-state index contributed by atoms with van der Waals surface area (Å²) < 4.78 is 45.1. The molecule has 1 aliphatic rings. The number of benzene rings is 1. The summed E-state index contributed by atoms with van der Waals surface area (Å²) >= 11 is 1.31. The van der Waals surface area contributed by atoms with Crippen molar-refractivity contribution >= 4 is 22.2 Å². The highest BCUT2D eigenvalue weighted by atomic mass is 32.1. The molecule has 0 radical (unpaired) electrons. The van der Waals surface area contributed by atoms with Crippen molar-refractivity contribution in [3.05, 3.63) is 47.1 Å². The average Bonchev–Trinajstić information content (AvgIpc) is 3.22. The Bertz CT molecular complexity index is 957. The van der Waals surface area contributed by atoms with Crippen LogP contribution in [0.3, 0.4) is 0 Å². The number of imidazole rings is 1. The first-order chi connectivity index (χ1) is 12.9. The third-order valence-electron chi connectivity index (χ3n) is 4.51. The number of ether oxygens (including phenoxy) is 1. The van der Waals surface area contributed by atoms with E-state index in [9.17, 15) is 18.0 Å². The zero-order valence-electron chi connectivity index (χ0n) is 14.1. The second-order valence-corrected chi connectivity index (χ2v) is 7.17. The SMILES string of the molecule is O=C(NC1CCOCC1)c1csc2nc(-c3ccc(C(F)(F)F)cc3)cn12. The van der Waals surface area contributed by atoms with E-state index >= 15 is 0 Å². The lowest BCUT2D eigenvalue weighted by Gasteiger charge is -2.22. The highest BCUT2D eigenvalue weighted by molar-refractivity contribution is 7.15. The van der Waals surface area contributed by atoms with E-state index in [4.69, 9.17) is 4.74 Å². The number of nitrogens with zero attached hydrogens (tertiary/aromatic N) is 2. The molecule has 27 heavy (non-hydrogen) atoms. The molecule has 1 aromatic carbocycles. The largest absolute Gasteiger partial charge is 0.416 e. The number of halogens is 3. The van der Waals surface area contributed by atoms with Crippen LogP contribution in [0.5, 0.6) is 0 Å². The third-order valence-corrected chi connectivity index (χ3v) is 5.35. The summed E-state index contributed by atoms with van der Waals surface area (Å²) in [4.78, 5) is 17.6. The number of nitrogens with one attached hydrogen (secondary N) is 1. The van der Waals surface area contributed by atoms with E-state index in [1.165, 1.54) is 23.5 Å². The molecule has 4 rings (SSSR count). The van der Waals surface area contributed by atoms with Crippen LogP contribution in [-0.2, 0) is 10.9 Å². The summed E-state index contributed by atoms with van der Waals surface area (Å²) in [6.07, 6.45) is -1.14. The van der Waals surface area contributed by atoms with Crippen molar-refractivity contribution in [2.75, 3.05) is 13.2 Å². The molecule has 0 bridgehead atoms. The van der Waals surface area contributed by atoms with Gasteiger partial charge in [0.15, 0.2) is 4.96 Å². The first kappa shape index (κ1) is 18.0. The van der Waals surface area contributed by atoms with E-state index in [-0.39, 0.29) is 11.9 Å². The predicted molar refractivity (Wildman–Crippen MR) is 94.8 cm³/mol. The molecule has 0 aliphatic carbocycles. The Labute approximate surface area is 156 Å². The Morgan fingerprint density at radius 3 is 2.59 bits per heavy atom. The molecule has 142 valence electrons. The maximum atomic E-state index is 12.7. The molecule has 1 fully saturated rings. The lowest BCUT2D eigenvalue weighted by Crippen LogP contribution is -2.39. The second kappa shape index (κ2) is 6.97. The van der Waals surface area contributed by atoms with Crippen molar-refractivity contribution in [3.63, 3.8) is 0 Å². The van der Waals surface area contributed by atoms with Crippen molar-refractivity contribution in [1.82, 2.24) is 14.7 Å². The molecule has 0 spiro atoms. The van der Waals surface area contributed by atoms with Gasteiger partial charge in [0.1, 0.15) is 5.69 Å². The van der Waals surface area contributed by atoms with E-state index in [2.05, 4.69) is 10.3 Å². The van der Waals surface area contributed by atoms with Crippen LogP contribution in [0.2, 0.25) is 0 Å². The minimum atomic E-state index is -4.37. The zero-order valence-corrected chi connectivity index (χ0v) is 14.9. The molecular weight excluding hydrogens is 379 g/mol. The van der Waals surface area contributed by atoms with Crippen molar-refractivity contribution < 1.29 is 22.7 Å². The molecule has 1 N–H and O–H groups in total. The number of amides is 1. The van der Waals surface area contributed by atoms with Gasteiger partial charge in [0.2, 0.25) is 0 Å². The summed E-state index contributed by atoms with van der Waals surface area (Å²) in [5.41, 5.74) is 0.848. The fourth-order valence-corrected chi connectivity index (χ4v) is 3.87. The second-order valence-electron chi connectivity index (χ2n) is 6.33. The van der Waals surface area contributed by atoms with Gasteiger partial charge in [0.05, 0.1) is 11.3 Å². The summed E-state index contributed by atoms with van der Waals surface area (Å²) in [5.74, 6) is -0.190. The Hall–Kier alpha value is -2.39. The normalized spacial score (nSPS) is 16.0. The Morgan fingerprint density at radius 2 is 1.93 bits per heavy atom. The van der Waals surface area contributed by atoms with Gasteiger partial charge < -0.3 is 10.1 Å². The predicted octanol–water partition coefficient (Wildman–Crippen LogP) is 3.99. The molecule has 0 atom stereocenters. The van der Waals surface area contributed by atoms with Gasteiger partial charge in [-0.2, -0.15) is 13.2 Å². The lowest BCUT2D eigenvalue weighted by molar-refractivity contribution is -0.137. The zero-order chi connectivity index (χ0) is 19.0. The highest BCUT2D eigenvalue weighted by Crippen LogP contribution is 2.31. The van der Waals surface area contributed by atoms with Crippen LogP contribution in [0.25, 0.3) is 16.2 Å². The molecule has 1 saturated heterocycles. The van der Waals surface area contributed by atoms with Crippen LogP contribution < -0.4 is 5.32 Å². The molecule has 1 amide bonds. The van der Waals surface area contributed by atoms with E-state index in [0.717, 1.165) is 25.0 Å². The number of fused-ring (bicyclic) bond motifs is 1. The quantitative estimate of drug-likeness (QED) is 0.730. The number of carbonyl (C=O) groups is 1. The third kappa shape index (κ3) is 3.70. The Balaban J connectivity index is 1.57. The number of hydrogen-bond acceptors (Lipinski definition) is 4.